The number of likely N-dealkylation sites (tertiary alicyclic amines) is 1. The number of nitrogens with zero attached hydrogens (tertiary/aromatic N) is 3. The SMILES string of the molecule is CCOC(=O)C1CCN(C(=O)C23CCC(C)(c4nc5cc6c(cc5nc42)OCO6)C3(C)C)CC1. The predicted octanol–water partition coefficient (Wildman–Crippen LogP) is 3.49. The highest BCUT2D eigenvalue weighted by molar-refractivity contribution is 5.93. The second-order valence-electron chi connectivity index (χ2n) is 10.8. The minimum atomic E-state index is -0.731. The standard InChI is InChI=1S/C26H31N3O5/c1-5-32-22(30)15-6-10-29(11-7-15)23(31)26-9-8-25(4,24(26,2)3)20-21(26)28-17-13-19-18(33-14-34-19)12-16(17)27-20/h12-13,15H,5-11,14H2,1-4H3. The smallest absolute Gasteiger partial charge is 0.309 e. The normalized spacial score (nSPS) is 28.9. The van der Waals surface area contributed by atoms with Crippen LogP contribution in [0.4, 0.5) is 0 Å². The first-order valence-electron chi connectivity index (χ1n) is 12.3. The van der Waals surface area contributed by atoms with Crippen LogP contribution in [0.2, 0.25) is 0 Å². The molecule has 2 atom stereocenters. The lowest BCUT2D eigenvalue weighted by atomic mass is 9.63. The summed E-state index contributed by atoms with van der Waals surface area (Å²) in [6, 6.07) is 3.76. The Kier molecular flexibility index (Phi) is 4.49. The zero-order valence-electron chi connectivity index (χ0n) is 20.3. The summed E-state index contributed by atoms with van der Waals surface area (Å²) in [5, 5.41) is 0. The third kappa shape index (κ3) is 2.54. The molecule has 6 rings (SSSR count). The van der Waals surface area contributed by atoms with E-state index in [0.29, 0.717) is 44.0 Å². The number of carbonyl (C=O) groups excluding carboxylic acids is 2. The molecule has 2 fully saturated rings. The number of esters is 1. The number of hydrogen-bond donors (Lipinski definition) is 0. The van der Waals surface area contributed by atoms with Crippen molar-refractivity contribution in [2.24, 2.45) is 11.3 Å². The second-order valence-corrected chi connectivity index (χ2v) is 10.8. The molecule has 1 aromatic heterocycles. The van der Waals surface area contributed by atoms with Crippen molar-refractivity contribution in [2.75, 3.05) is 26.5 Å². The Hall–Kier alpha value is -2.90. The van der Waals surface area contributed by atoms with E-state index in [-0.39, 0.29) is 35.4 Å². The van der Waals surface area contributed by atoms with Gasteiger partial charge in [-0.1, -0.05) is 20.8 Å². The van der Waals surface area contributed by atoms with E-state index >= 15 is 0 Å². The van der Waals surface area contributed by atoms with E-state index in [2.05, 4.69) is 20.8 Å². The van der Waals surface area contributed by atoms with Gasteiger partial charge in [-0.15, -0.1) is 0 Å². The fourth-order valence-corrected chi connectivity index (χ4v) is 6.81. The van der Waals surface area contributed by atoms with Crippen LogP contribution in [0.25, 0.3) is 11.0 Å². The van der Waals surface area contributed by atoms with Gasteiger partial charge in [0.2, 0.25) is 12.7 Å². The largest absolute Gasteiger partial charge is 0.466 e. The summed E-state index contributed by atoms with van der Waals surface area (Å²) in [4.78, 5) is 38.7. The third-order valence-corrected chi connectivity index (χ3v) is 9.30. The van der Waals surface area contributed by atoms with Gasteiger partial charge in [-0.25, -0.2) is 9.97 Å². The maximum atomic E-state index is 14.3. The van der Waals surface area contributed by atoms with Crippen LogP contribution in [0.15, 0.2) is 12.1 Å². The Bertz CT molecular complexity index is 1220. The number of benzene rings is 1. The molecule has 0 radical (unpaired) electrons. The fraction of sp³-hybridized carbons (Fsp3) is 0.615. The number of fused-ring (bicyclic) bond motifs is 7. The number of piperidine rings is 1. The number of amides is 1. The number of carbonyl (C=O) groups is 2. The van der Waals surface area contributed by atoms with Gasteiger partial charge in [-0.3, -0.25) is 9.59 Å². The molecule has 3 heterocycles. The first-order chi connectivity index (χ1) is 16.2. The minimum Gasteiger partial charge on any atom is -0.466 e. The topological polar surface area (TPSA) is 90.9 Å². The van der Waals surface area contributed by atoms with Crippen LogP contribution in [-0.4, -0.2) is 53.2 Å². The van der Waals surface area contributed by atoms with Crippen LogP contribution >= 0.6 is 0 Å². The van der Waals surface area contributed by atoms with Crippen LogP contribution in [0, 0.1) is 11.3 Å². The number of ether oxygens (including phenoxy) is 3. The van der Waals surface area contributed by atoms with Crippen molar-refractivity contribution in [3.05, 3.63) is 23.5 Å². The van der Waals surface area contributed by atoms with Gasteiger partial charge in [0.25, 0.3) is 0 Å². The van der Waals surface area contributed by atoms with E-state index in [1.807, 2.05) is 24.0 Å². The summed E-state index contributed by atoms with van der Waals surface area (Å²) in [5.41, 5.74) is 1.92. The highest BCUT2D eigenvalue weighted by Crippen LogP contribution is 2.70. The van der Waals surface area contributed by atoms with Crippen molar-refractivity contribution < 1.29 is 23.8 Å². The molecule has 4 aliphatic rings. The molecule has 2 bridgehead atoms. The minimum absolute atomic E-state index is 0.122. The van der Waals surface area contributed by atoms with Crippen LogP contribution in [0.5, 0.6) is 11.5 Å². The highest BCUT2D eigenvalue weighted by atomic mass is 16.7. The molecule has 2 aliphatic carbocycles. The van der Waals surface area contributed by atoms with Gasteiger partial charge in [0, 0.05) is 30.6 Å². The van der Waals surface area contributed by atoms with E-state index < -0.39 is 5.41 Å². The van der Waals surface area contributed by atoms with E-state index in [4.69, 9.17) is 24.2 Å². The number of aromatic nitrogens is 2. The summed E-state index contributed by atoms with van der Waals surface area (Å²) in [6.45, 7) is 10.2. The predicted molar refractivity (Wildman–Crippen MR) is 124 cm³/mol. The van der Waals surface area contributed by atoms with Crippen molar-refractivity contribution in [3.8, 4) is 11.5 Å². The Morgan fingerprint density at radius 1 is 1.03 bits per heavy atom. The number of hydrogen-bond acceptors (Lipinski definition) is 7. The van der Waals surface area contributed by atoms with Crippen molar-refractivity contribution in [1.29, 1.82) is 0 Å². The van der Waals surface area contributed by atoms with Gasteiger partial charge < -0.3 is 19.1 Å². The Morgan fingerprint density at radius 3 is 2.26 bits per heavy atom. The van der Waals surface area contributed by atoms with Gasteiger partial charge in [0.1, 0.15) is 0 Å². The molecular weight excluding hydrogens is 434 g/mol. The van der Waals surface area contributed by atoms with Crippen LogP contribution in [-0.2, 0) is 25.2 Å². The maximum Gasteiger partial charge on any atom is 0.309 e. The quantitative estimate of drug-likeness (QED) is 0.641. The van der Waals surface area contributed by atoms with Crippen molar-refractivity contribution in [2.45, 2.75) is 64.2 Å². The Labute approximate surface area is 199 Å². The lowest BCUT2D eigenvalue weighted by Crippen LogP contribution is -2.54. The summed E-state index contributed by atoms with van der Waals surface area (Å²) in [6.07, 6.45) is 2.92. The first-order valence-corrected chi connectivity index (χ1v) is 12.3. The van der Waals surface area contributed by atoms with Crippen molar-refractivity contribution in [3.63, 3.8) is 0 Å². The fourth-order valence-electron chi connectivity index (χ4n) is 6.81. The molecule has 8 heteroatoms. The van der Waals surface area contributed by atoms with E-state index in [1.165, 1.54) is 0 Å². The Morgan fingerprint density at radius 2 is 1.65 bits per heavy atom. The van der Waals surface area contributed by atoms with Crippen molar-refractivity contribution in [1.82, 2.24) is 14.9 Å². The summed E-state index contributed by atoms with van der Waals surface area (Å²) < 4.78 is 16.3. The van der Waals surface area contributed by atoms with E-state index in [9.17, 15) is 9.59 Å². The zero-order chi connectivity index (χ0) is 23.9. The maximum absolute atomic E-state index is 14.3. The zero-order valence-corrected chi connectivity index (χ0v) is 20.3. The van der Waals surface area contributed by atoms with Crippen LogP contribution < -0.4 is 9.47 Å². The van der Waals surface area contributed by atoms with Crippen LogP contribution in [0.3, 0.4) is 0 Å². The average Bonchev–Trinajstić information content (AvgIpc) is 3.40. The van der Waals surface area contributed by atoms with Gasteiger partial charge in [0.15, 0.2) is 11.5 Å². The highest BCUT2D eigenvalue weighted by Gasteiger charge is 2.73. The molecule has 34 heavy (non-hydrogen) atoms. The van der Waals surface area contributed by atoms with E-state index in [1.54, 1.807) is 0 Å². The molecule has 180 valence electrons. The van der Waals surface area contributed by atoms with Gasteiger partial charge in [-0.05, 0) is 38.0 Å². The molecule has 8 nitrogen and oxygen atoms in total. The van der Waals surface area contributed by atoms with Crippen LogP contribution in [0.1, 0.15) is 64.8 Å². The molecule has 1 amide bonds. The van der Waals surface area contributed by atoms with Gasteiger partial charge in [-0.2, -0.15) is 0 Å². The molecular formula is C26H31N3O5. The lowest BCUT2D eigenvalue weighted by Gasteiger charge is -2.43. The van der Waals surface area contributed by atoms with Gasteiger partial charge in [0.05, 0.1) is 40.4 Å². The summed E-state index contributed by atoms with van der Waals surface area (Å²) >= 11 is 0. The Balaban J connectivity index is 1.40. The second kappa shape index (κ2) is 7.06. The molecule has 1 saturated heterocycles. The molecule has 0 spiro atoms. The van der Waals surface area contributed by atoms with Crippen molar-refractivity contribution >= 4 is 22.9 Å². The number of rotatable bonds is 3. The molecule has 1 saturated carbocycles. The molecule has 1 aromatic carbocycles. The first kappa shape index (κ1) is 21.6. The lowest BCUT2D eigenvalue weighted by molar-refractivity contribution is -0.153. The molecule has 0 N–H and O–H groups in total. The third-order valence-electron chi connectivity index (χ3n) is 9.30. The average molecular weight is 466 g/mol. The summed E-state index contributed by atoms with van der Waals surface area (Å²) in [7, 11) is 0. The molecule has 2 aliphatic heterocycles. The monoisotopic (exact) mass is 465 g/mol. The molecule has 2 aromatic rings. The molecule has 2 unspecified atom stereocenters. The van der Waals surface area contributed by atoms with Gasteiger partial charge >= 0.3 is 5.97 Å². The van der Waals surface area contributed by atoms with E-state index in [0.717, 1.165) is 35.3 Å². The summed E-state index contributed by atoms with van der Waals surface area (Å²) in [5.74, 6) is 1.19.